The standard InChI is InChI=1S/C19H20IN5O5/c1-12(26)22-19-23-16-15(17(27)24-19)25(10-21-16)11-30-14(7-8-20)9-29-18(28)13-5-3-2-4-6-13/h2-6,10,14H,7-9,11H2,1H3,(H2,22,23,24,26,27)/t14-/m0/s1. The molecular formula is C19H20IN5O5. The van der Waals surface area contributed by atoms with E-state index in [1.54, 1.807) is 24.3 Å². The van der Waals surface area contributed by atoms with Gasteiger partial charge in [0.2, 0.25) is 11.9 Å². The highest BCUT2D eigenvalue weighted by Crippen LogP contribution is 2.11. The van der Waals surface area contributed by atoms with E-state index in [1.165, 1.54) is 17.8 Å². The number of halogens is 1. The second-order valence-electron chi connectivity index (χ2n) is 6.34. The van der Waals surface area contributed by atoms with Crippen molar-refractivity contribution >= 4 is 51.6 Å². The lowest BCUT2D eigenvalue weighted by Crippen LogP contribution is -2.25. The number of aromatic amines is 1. The lowest BCUT2D eigenvalue weighted by Gasteiger charge is -2.17. The first-order valence-corrected chi connectivity index (χ1v) is 10.6. The summed E-state index contributed by atoms with van der Waals surface area (Å²) in [6.07, 6.45) is 1.75. The van der Waals surface area contributed by atoms with Crippen molar-refractivity contribution in [1.82, 2.24) is 19.5 Å². The van der Waals surface area contributed by atoms with Crippen LogP contribution >= 0.6 is 22.6 Å². The molecule has 2 heterocycles. The van der Waals surface area contributed by atoms with Crippen molar-refractivity contribution in [2.45, 2.75) is 26.2 Å². The summed E-state index contributed by atoms with van der Waals surface area (Å²) in [7, 11) is 0. The number of benzene rings is 1. The highest BCUT2D eigenvalue weighted by atomic mass is 127. The number of alkyl halides is 1. The van der Waals surface area contributed by atoms with Crippen molar-refractivity contribution in [3.05, 3.63) is 52.6 Å². The fraction of sp³-hybridized carbons (Fsp3) is 0.316. The van der Waals surface area contributed by atoms with Crippen molar-refractivity contribution in [3.8, 4) is 0 Å². The van der Waals surface area contributed by atoms with Crippen molar-refractivity contribution in [1.29, 1.82) is 0 Å². The summed E-state index contributed by atoms with van der Waals surface area (Å²) in [5.41, 5.74) is 0.426. The third-order valence-electron chi connectivity index (χ3n) is 4.07. The van der Waals surface area contributed by atoms with E-state index in [0.29, 0.717) is 12.0 Å². The normalized spacial score (nSPS) is 11.9. The van der Waals surface area contributed by atoms with Crippen LogP contribution in [0, 0.1) is 0 Å². The Morgan fingerprint density at radius 2 is 2.07 bits per heavy atom. The third kappa shape index (κ3) is 5.63. The Morgan fingerprint density at radius 1 is 1.30 bits per heavy atom. The second kappa shape index (κ2) is 10.3. The molecule has 1 aromatic carbocycles. The molecule has 30 heavy (non-hydrogen) atoms. The van der Waals surface area contributed by atoms with E-state index in [-0.39, 0.29) is 42.5 Å². The van der Waals surface area contributed by atoms with Crippen LogP contribution in [-0.4, -0.2) is 48.5 Å². The van der Waals surface area contributed by atoms with E-state index in [1.807, 2.05) is 6.07 Å². The average molecular weight is 525 g/mol. The molecular weight excluding hydrogens is 505 g/mol. The molecule has 0 saturated heterocycles. The molecule has 158 valence electrons. The minimum atomic E-state index is -0.453. The number of nitrogens with one attached hydrogen (secondary N) is 2. The number of hydrogen-bond acceptors (Lipinski definition) is 7. The molecule has 0 aliphatic rings. The zero-order chi connectivity index (χ0) is 21.5. The Morgan fingerprint density at radius 3 is 2.77 bits per heavy atom. The first-order chi connectivity index (χ1) is 14.5. The molecule has 0 aliphatic heterocycles. The number of rotatable bonds is 9. The molecule has 3 aromatic rings. The predicted octanol–water partition coefficient (Wildman–Crippen LogP) is 2.10. The van der Waals surface area contributed by atoms with E-state index < -0.39 is 11.5 Å². The molecule has 2 N–H and O–H groups in total. The number of ether oxygens (including phenoxy) is 2. The Hall–Kier alpha value is -2.80. The molecule has 10 nitrogen and oxygen atoms in total. The number of aromatic nitrogens is 4. The monoisotopic (exact) mass is 525 g/mol. The molecule has 0 bridgehead atoms. The number of nitrogens with zero attached hydrogens (tertiary/aromatic N) is 3. The summed E-state index contributed by atoms with van der Waals surface area (Å²) in [5, 5.41) is 2.42. The third-order valence-corrected chi connectivity index (χ3v) is 4.69. The molecule has 0 fully saturated rings. The molecule has 0 saturated carbocycles. The molecule has 0 radical (unpaired) electrons. The molecule has 0 unspecified atom stereocenters. The second-order valence-corrected chi connectivity index (χ2v) is 7.42. The van der Waals surface area contributed by atoms with Gasteiger partial charge in [0.25, 0.3) is 5.56 Å². The van der Waals surface area contributed by atoms with E-state index in [2.05, 4.69) is 42.9 Å². The van der Waals surface area contributed by atoms with Crippen LogP contribution < -0.4 is 10.9 Å². The molecule has 0 aliphatic carbocycles. The van der Waals surface area contributed by atoms with Crippen molar-refractivity contribution in [2.24, 2.45) is 0 Å². The Balaban J connectivity index is 1.65. The number of esters is 1. The molecule has 2 aromatic heterocycles. The number of carbonyl (C=O) groups is 2. The minimum Gasteiger partial charge on any atom is -0.459 e. The molecule has 0 spiro atoms. The molecule has 3 rings (SSSR count). The zero-order valence-electron chi connectivity index (χ0n) is 16.1. The number of H-pyrrole nitrogens is 1. The van der Waals surface area contributed by atoms with Crippen molar-refractivity contribution in [3.63, 3.8) is 0 Å². The zero-order valence-corrected chi connectivity index (χ0v) is 18.3. The van der Waals surface area contributed by atoms with Gasteiger partial charge in [0, 0.05) is 11.4 Å². The topological polar surface area (TPSA) is 128 Å². The van der Waals surface area contributed by atoms with E-state index in [0.717, 1.165) is 4.43 Å². The highest BCUT2D eigenvalue weighted by molar-refractivity contribution is 14.1. The fourth-order valence-corrected chi connectivity index (χ4v) is 3.35. The van der Waals surface area contributed by atoms with E-state index >= 15 is 0 Å². The number of carbonyl (C=O) groups excluding carboxylic acids is 2. The van der Waals surface area contributed by atoms with Crippen LogP contribution in [-0.2, 0) is 21.0 Å². The number of anilines is 1. The lowest BCUT2D eigenvalue weighted by molar-refractivity contribution is -0.114. The van der Waals surface area contributed by atoms with Crippen LogP contribution in [0.3, 0.4) is 0 Å². The van der Waals surface area contributed by atoms with E-state index in [4.69, 9.17) is 9.47 Å². The highest BCUT2D eigenvalue weighted by Gasteiger charge is 2.16. The molecule has 1 atom stereocenters. The van der Waals surface area contributed by atoms with Gasteiger partial charge in [0.1, 0.15) is 13.3 Å². The molecule has 1 amide bonds. The smallest absolute Gasteiger partial charge is 0.338 e. The van der Waals surface area contributed by atoms with Gasteiger partial charge in [0.15, 0.2) is 11.2 Å². The quantitative estimate of drug-likeness (QED) is 0.249. The maximum Gasteiger partial charge on any atom is 0.338 e. The number of amides is 1. The average Bonchev–Trinajstić information content (AvgIpc) is 3.13. The van der Waals surface area contributed by atoms with Crippen molar-refractivity contribution < 1.29 is 19.1 Å². The van der Waals surface area contributed by atoms with Gasteiger partial charge in [-0.15, -0.1) is 0 Å². The number of imidazole rings is 1. The summed E-state index contributed by atoms with van der Waals surface area (Å²) in [6, 6.07) is 8.72. The SMILES string of the molecule is CC(=O)Nc1nc2ncn(CO[C@@H](CCI)COC(=O)c3ccccc3)c2c(=O)[nH]1. The van der Waals surface area contributed by atoms with Crippen LogP contribution in [0.2, 0.25) is 0 Å². The van der Waals surface area contributed by atoms with Gasteiger partial charge in [0.05, 0.1) is 18.0 Å². The Kier molecular flexibility index (Phi) is 7.52. The summed E-state index contributed by atoms with van der Waals surface area (Å²) >= 11 is 2.22. The van der Waals surface area contributed by atoms with Gasteiger partial charge in [-0.3, -0.25) is 19.9 Å². The Bertz CT molecular complexity index is 1080. The Labute approximate surface area is 185 Å². The van der Waals surface area contributed by atoms with Gasteiger partial charge in [-0.1, -0.05) is 40.8 Å². The summed E-state index contributed by atoms with van der Waals surface area (Å²) in [5.74, 6) is -0.745. The van der Waals surface area contributed by atoms with E-state index in [9.17, 15) is 14.4 Å². The van der Waals surface area contributed by atoms with Crippen molar-refractivity contribution in [2.75, 3.05) is 16.4 Å². The molecule has 11 heteroatoms. The van der Waals surface area contributed by atoms with Crippen LogP contribution in [0.25, 0.3) is 11.2 Å². The van der Waals surface area contributed by atoms with Gasteiger partial charge >= 0.3 is 5.97 Å². The van der Waals surface area contributed by atoms with Gasteiger partial charge in [-0.05, 0) is 18.6 Å². The first kappa shape index (κ1) is 21.9. The number of hydrogen-bond donors (Lipinski definition) is 2. The fourth-order valence-electron chi connectivity index (χ4n) is 2.66. The largest absolute Gasteiger partial charge is 0.459 e. The first-order valence-electron chi connectivity index (χ1n) is 9.10. The van der Waals surface area contributed by atoms with Crippen LogP contribution in [0.15, 0.2) is 41.5 Å². The number of fused-ring (bicyclic) bond motifs is 1. The lowest BCUT2D eigenvalue weighted by atomic mass is 10.2. The predicted molar refractivity (Wildman–Crippen MR) is 118 cm³/mol. The van der Waals surface area contributed by atoms with Gasteiger partial charge < -0.3 is 14.0 Å². The summed E-state index contributed by atoms with van der Waals surface area (Å²) in [4.78, 5) is 46.4. The van der Waals surface area contributed by atoms with Crippen LogP contribution in [0.5, 0.6) is 0 Å². The maximum atomic E-state index is 12.4. The maximum absolute atomic E-state index is 12.4. The minimum absolute atomic E-state index is 0.0294. The van der Waals surface area contributed by atoms with Crippen LogP contribution in [0.1, 0.15) is 23.7 Å². The summed E-state index contributed by atoms with van der Waals surface area (Å²) < 4.78 is 13.5. The van der Waals surface area contributed by atoms with Crippen LogP contribution in [0.4, 0.5) is 5.95 Å². The van der Waals surface area contributed by atoms with Gasteiger partial charge in [-0.2, -0.15) is 4.98 Å². The van der Waals surface area contributed by atoms with Gasteiger partial charge in [-0.25, -0.2) is 9.78 Å². The summed E-state index contributed by atoms with van der Waals surface area (Å²) in [6.45, 7) is 1.43.